The zero-order chi connectivity index (χ0) is 18.2. The predicted molar refractivity (Wildman–Crippen MR) is 95.6 cm³/mol. The van der Waals surface area contributed by atoms with E-state index in [1.165, 1.54) is 0 Å². The van der Waals surface area contributed by atoms with Gasteiger partial charge in [0.1, 0.15) is 17.5 Å². The first kappa shape index (κ1) is 17.5. The van der Waals surface area contributed by atoms with Crippen molar-refractivity contribution < 1.29 is 14.3 Å². The minimum Gasteiger partial charge on any atom is -0.487 e. The van der Waals surface area contributed by atoms with Gasteiger partial charge >= 0.3 is 5.97 Å². The third kappa shape index (κ3) is 3.70. The molecule has 0 amide bonds. The van der Waals surface area contributed by atoms with Crippen LogP contribution in [0, 0.1) is 13.8 Å². The molecule has 3 rings (SSSR count). The molecule has 5 nitrogen and oxygen atoms in total. The molecule has 2 heterocycles. The zero-order valence-corrected chi connectivity index (χ0v) is 15.6. The zero-order valence-electron chi connectivity index (χ0n) is 15.6. The Morgan fingerprint density at radius 1 is 1.36 bits per heavy atom. The van der Waals surface area contributed by atoms with Gasteiger partial charge < -0.3 is 9.47 Å². The first-order valence-electron chi connectivity index (χ1n) is 8.73. The monoisotopic (exact) mass is 342 g/mol. The van der Waals surface area contributed by atoms with E-state index in [2.05, 4.69) is 5.10 Å². The Morgan fingerprint density at radius 3 is 2.76 bits per heavy atom. The van der Waals surface area contributed by atoms with Crippen LogP contribution in [0.1, 0.15) is 55.3 Å². The number of aromatic nitrogens is 2. The number of esters is 1. The van der Waals surface area contributed by atoms with Crippen molar-refractivity contribution in [1.82, 2.24) is 9.78 Å². The lowest BCUT2D eigenvalue weighted by molar-refractivity contribution is -0.153. The highest BCUT2D eigenvalue weighted by molar-refractivity contribution is 5.70. The summed E-state index contributed by atoms with van der Waals surface area (Å²) in [6.45, 7) is 8.04. The molecule has 5 heteroatoms. The number of para-hydroxylation sites is 1. The van der Waals surface area contributed by atoms with E-state index < -0.39 is 0 Å². The van der Waals surface area contributed by atoms with E-state index >= 15 is 0 Å². The summed E-state index contributed by atoms with van der Waals surface area (Å²) < 4.78 is 13.7. The molecule has 0 spiro atoms. The average molecular weight is 342 g/mol. The summed E-state index contributed by atoms with van der Waals surface area (Å²) in [6.07, 6.45) is 1.40. The quantitative estimate of drug-likeness (QED) is 0.793. The minimum absolute atomic E-state index is 0.180. The van der Waals surface area contributed by atoms with E-state index in [1.54, 1.807) is 0 Å². The molecule has 0 bridgehead atoms. The van der Waals surface area contributed by atoms with Gasteiger partial charge in [-0.05, 0) is 45.7 Å². The summed E-state index contributed by atoms with van der Waals surface area (Å²) in [5.41, 5.74) is 3.81. The van der Waals surface area contributed by atoms with Crippen molar-refractivity contribution >= 4 is 5.97 Å². The third-order valence-electron chi connectivity index (χ3n) is 4.84. The van der Waals surface area contributed by atoms with Crippen molar-refractivity contribution in [2.75, 3.05) is 0 Å². The number of carbonyl (C=O) groups excluding carboxylic acids is 1. The van der Waals surface area contributed by atoms with E-state index in [0.717, 1.165) is 28.3 Å². The fourth-order valence-electron chi connectivity index (χ4n) is 3.46. The van der Waals surface area contributed by atoms with Gasteiger partial charge in [0.15, 0.2) is 0 Å². The Bertz CT molecular complexity index is 792. The van der Waals surface area contributed by atoms with Crippen molar-refractivity contribution in [2.45, 2.75) is 58.7 Å². The second kappa shape index (κ2) is 6.54. The van der Waals surface area contributed by atoms with Gasteiger partial charge in [0.05, 0.1) is 5.69 Å². The van der Waals surface area contributed by atoms with Crippen LogP contribution in [0.25, 0.3) is 0 Å². The van der Waals surface area contributed by atoms with Gasteiger partial charge in [-0.3, -0.25) is 9.48 Å². The van der Waals surface area contributed by atoms with Gasteiger partial charge in [-0.2, -0.15) is 5.10 Å². The molecule has 0 fully saturated rings. The Morgan fingerprint density at radius 2 is 2.08 bits per heavy atom. The van der Waals surface area contributed by atoms with Crippen molar-refractivity contribution in [3.63, 3.8) is 0 Å². The molecule has 134 valence electrons. The second-order valence-electron chi connectivity index (χ2n) is 7.36. The lowest BCUT2D eigenvalue weighted by Gasteiger charge is -2.37. The lowest BCUT2D eigenvalue weighted by atomic mass is 9.91. The molecule has 1 aromatic heterocycles. The SMILES string of the molecule is Cc1nn(C)c(C)c1CCC(=O)O[C@@H]1CC(C)(C)Oc2ccccc21. The first-order chi connectivity index (χ1) is 11.8. The molecule has 1 atom stereocenters. The summed E-state index contributed by atoms with van der Waals surface area (Å²) in [6, 6.07) is 7.79. The number of ether oxygens (including phenoxy) is 2. The highest BCUT2D eigenvalue weighted by atomic mass is 16.6. The summed E-state index contributed by atoms with van der Waals surface area (Å²) in [4.78, 5) is 12.4. The van der Waals surface area contributed by atoms with Gasteiger partial charge in [-0.15, -0.1) is 0 Å². The van der Waals surface area contributed by atoms with Crippen LogP contribution in [-0.2, 0) is 23.0 Å². The van der Waals surface area contributed by atoms with Crippen molar-refractivity contribution in [3.05, 3.63) is 46.8 Å². The van der Waals surface area contributed by atoms with Gasteiger partial charge in [0, 0.05) is 31.1 Å². The maximum atomic E-state index is 12.4. The van der Waals surface area contributed by atoms with Crippen LogP contribution in [0.2, 0.25) is 0 Å². The first-order valence-corrected chi connectivity index (χ1v) is 8.73. The number of benzene rings is 1. The molecular formula is C20H26N2O3. The largest absolute Gasteiger partial charge is 0.487 e. The normalized spacial score (nSPS) is 18.4. The third-order valence-corrected chi connectivity index (χ3v) is 4.84. The number of fused-ring (bicyclic) bond motifs is 1. The standard InChI is InChI=1S/C20H26N2O3/c1-13-15(14(2)22(5)21-13)10-11-19(23)24-18-12-20(3,4)25-17-9-7-6-8-16(17)18/h6-9,18H,10-12H2,1-5H3/t18-/m1/s1. The smallest absolute Gasteiger partial charge is 0.306 e. The molecule has 25 heavy (non-hydrogen) atoms. The van der Waals surface area contributed by atoms with Crippen LogP contribution in [0.4, 0.5) is 0 Å². The number of aryl methyl sites for hydroxylation is 2. The molecule has 0 aliphatic carbocycles. The summed E-state index contributed by atoms with van der Waals surface area (Å²) >= 11 is 0. The van der Waals surface area contributed by atoms with Gasteiger partial charge in [-0.1, -0.05) is 18.2 Å². The Labute approximate surface area is 148 Å². The molecule has 0 radical (unpaired) electrons. The highest BCUT2D eigenvalue weighted by Crippen LogP contribution is 2.41. The molecular weight excluding hydrogens is 316 g/mol. The summed E-state index contributed by atoms with van der Waals surface area (Å²) in [5.74, 6) is 0.621. The fraction of sp³-hybridized carbons (Fsp3) is 0.500. The molecule has 1 aliphatic heterocycles. The maximum absolute atomic E-state index is 12.4. The minimum atomic E-state index is -0.351. The molecule has 0 unspecified atom stereocenters. The maximum Gasteiger partial charge on any atom is 0.306 e. The molecule has 1 aromatic carbocycles. The second-order valence-corrected chi connectivity index (χ2v) is 7.36. The summed E-state index contributed by atoms with van der Waals surface area (Å²) in [5, 5.41) is 4.40. The van der Waals surface area contributed by atoms with Crippen LogP contribution in [0.5, 0.6) is 5.75 Å². The molecule has 0 saturated carbocycles. The predicted octanol–water partition coefficient (Wildman–Crippen LogP) is 3.82. The molecule has 0 N–H and O–H groups in total. The Balaban J connectivity index is 1.68. The molecule has 2 aromatic rings. The van der Waals surface area contributed by atoms with Gasteiger partial charge in [0.2, 0.25) is 0 Å². The van der Waals surface area contributed by atoms with Crippen LogP contribution in [0.3, 0.4) is 0 Å². The van der Waals surface area contributed by atoms with E-state index in [4.69, 9.17) is 9.47 Å². The number of carbonyl (C=O) groups is 1. The number of hydrogen-bond acceptors (Lipinski definition) is 4. The van der Waals surface area contributed by atoms with Gasteiger partial charge in [-0.25, -0.2) is 0 Å². The van der Waals surface area contributed by atoms with Gasteiger partial charge in [0.25, 0.3) is 0 Å². The van der Waals surface area contributed by atoms with Crippen LogP contribution in [0.15, 0.2) is 24.3 Å². The highest BCUT2D eigenvalue weighted by Gasteiger charge is 2.35. The number of rotatable bonds is 4. The average Bonchev–Trinajstić information content (AvgIpc) is 2.77. The van der Waals surface area contributed by atoms with Crippen molar-refractivity contribution in [3.8, 4) is 5.75 Å². The molecule has 0 saturated heterocycles. The van der Waals surface area contributed by atoms with Crippen LogP contribution < -0.4 is 4.74 Å². The van der Waals surface area contributed by atoms with Crippen LogP contribution >= 0.6 is 0 Å². The molecule has 1 aliphatic rings. The Kier molecular flexibility index (Phi) is 4.58. The Hall–Kier alpha value is -2.30. The van der Waals surface area contributed by atoms with E-state index in [-0.39, 0.29) is 17.7 Å². The topological polar surface area (TPSA) is 53.4 Å². The van der Waals surface area contributed by atoms with Crippen LogP contribution in [-0.4, -0.2) is 21.4 Å². The van der Waals surface area contributed by atoms with E-state index in [0.29, 0.717) is 19.3 Å². The number of nitrogens with zero attached hydrogens (tertiary/aromatic N) is 2. The summed E-state index contributed by atoms with van der Waals surface area (Å²) in [7, 11) is 1.92. The van der Waals surface area contributed by atoms with Crippen molar-refractivity contribution in [2.24, 2.45) is 7.05 Å². The number of hydrogen-bond donors (Lipinski definition) is 0. The van der Waals surface area contributed by atoms with Crippen molar-refractivity contribution in [1.29, 1.82) is 0 Å². The van der Waals surface area contributed by atoms with E-state index in [1.807, 2.05) is 63.7 Å². The van der Waals surface area contributed by atoms with E-state index in [9.17, 15) is 4.79 Å². The lowest BCUT2D eigenvalue weighted by Crippen LogP contribution is -2.36. The fourth-order valence-corrected chi connectivity index (χ4v) is 3.46.